The monoisotopic (exact) mass is 234 g/mol. The first-order valence-electron chi connectivity index (χ1n) is 6.71. The molecule has 1 heterocycles. The highest BCUT2D eigenvalue weighted by molar-refractivity contribution is 5.09. The standard InChI is InChI=1S/C15H26N2/c1-12(2)15(13(3)4)11-17-10-7-14-5-8-16-9-6-14/h5-6,8-9,12-13,15,17H,7,10-11H2,1-4H3. The van der Waals surface area contributed by atoms with Crippen molar-refractivity contribution in [3.8, 4) is 0 Å². The Balaban J connectivity index is 2.23. The van der Waals surface area contributed by atoms with Gasteiger partial charge in [-0.2, -0.15) is 0 Å². The van der Waals surface area contributed by atoms with Gasteiger partial charge in [0.25, 0.3) is 0 Å². The normalized spacial score (nSPS) is 11.7. The second-order valence-electron chi connectivity index (χ2n) is 5.46. The molecular formula is C15H26N2. The van der Waals surface area contributed by atoms with Crippen molar-refractivity contribution in [2.24, 2.45) is 17.8 Å². The van der Waals surface area contributed by atoms with Gasteiger partial charge in [-0.15, -0.1) is 0 Å². The number of hydrogen-bond donors (Lipinski definition) is 1. The van der Waals surface area contributed by atoms with E-state index < -0.39 is 0 Å². The number of nitrogens with one attached hydrogen (secondary N) is 1. The first kappa shape index (κ1) is 14.2. The summed E-state index contributed by atoms with van der Waals surface area (Å²) in [6, 6.07) is 4.17. The second-order valence-corrected chi connectivity index (χ2v) is 5.46. The van der Waals surface area contributed by atoms with Gasteiger partial charge in [-0.3, -0.25) is 4.98 Å². The lowest BCUT2D eigenvalue weighted by molar-refractivity contribution is 0.277. The molecule has 0 aliphatic heterocycles. The molecule has 0 aromatic carbocycles. The summed E-state index contributed by atoms with van der Waals surface area (Å²) in [5, 5.41) is 3.58. The van der Waals surface area contributed by atoms with Crippen molar-refractivity contribution >= 4 is 0 Å². The maximum Gasteiger partial charge on any atom is 0.0270 e. The van der Waals surface area contributed by atoms with Gasteiger partial charge in [0.1, 0.15) is 0 Å². The quantitative estimate of drug-likeness (QED) is 0.733. The van der Waals surface area contributed by atoms with Crippen molar-refractivity contribution in [1.82, 2.24) is 10.3 Å². The van der Waals surface area contributed by atoms with E-state index in [1.54, 1.807) is 0 Å². The third-order valence-corrected chi connectivity index (χ3v) is 3.43. The van der Waals surface area contributed by atoms with Gasteiger partial charge in [-0.05, 0) is 55.0 Å². The highest BCUT2D eigenvalue weighted by Gasteiger charge is 2.16. The fourth-order valence-electron chi connectivity index (χ4n) is 2.29. The molecule has 0 atom stereocenters. The summed E-state index contributed by atoms with van der Waals surface area (Å²) in [5.41, 5.74) is 1.36. The summed E-state index contributed by atoms with van der Waals surface area (Å²) in [6.45, 7) is 11.4. The molecule has 0 bridgehead atoms. The Kier molecular flexibility index (Phi) is 6.20. The molecule has 0 amide bonds. The summed E-state index contributed by atoms with van der Waals surface area (Å²) < 4.78 is 0. The van der Waals surface area contributed by atoms with Crippen molar-refractivity contribution in [3.05, 3.63) is 30.1 Å². The Hall–Kier alpha value is -0.890. The molecule has 1 aromatic rings. The molecule has 1 rings (SSSR count). The van der Waals surface area contributed by atoms with Crippen molar-refractivity contribution in [3.63, 3.8) is 0 Å². The Labute approximate surface area is 106 Å². The van der Waals surface area contributed by atoms with Gasteiger partial charge >= 0.3 is 0 Å². The number of nitrogens with zero attached hydrogens (tertiary/aromatic N) is 1. The van der Waals surface area contributed by atoms with E-state index >= 15 is 0 Å². The van der Waals surface area contributed by atoms with E-state index in [4.69, 9.17) is 0 Å². The van der Waals surface area contributed by atoms with Crippen molar-refractivity contribution in [2.75, 3.05) is 13.1 Å². The van der Waals surface area contributed by atoms with Gasteiger partial charge in [0.05, 0.1) is 0 Å². The lowest BCUT2D eigenvalue weighted by atomic mass is 9.85. The van der Waals surface area contributed by atoms with Crippen LogP contribution in [0, 0.1) is 17.8 Å². The molecule has 0 saturated heterocycles. The van der Waals surface area contributed by atoms with Crippen LogP contribution in [0.5, 0.6) is 0 Å². The molecule has 0 radical (unpaired) electrons. The van der Waals surface area contributed by atoms with E-state index in [-0.39, 0.29) is 0 Å². The van der Waals surface area contributed by atoms with Crippen molar-refractivity contribution in [1.29, 1.82) is 0 Å². The van der Waals surface area contributed by atoms with Crippen LogP contribution < -0.4 is 5.32 Å². The van der Waals surface area contributed by atoms with Gasteiger partial charge in [-0.25, -0.2) is 0 Å². The lowest BCUT2D eigenvalue weighted by Gasteiger charge is -2.25. The minimum absolute atomic E-state index is 0.753. The summed E-state index contributed by atoms with van der Waals surface area (Å²) in [6.07, 6.45) is 4.81. The number of hydrogen-bond acceptors (Lipinski definition) is 2. The summed E-state index contributed by atoms with van der Waals surface area (Å²) in [5.74, 6) is 2.28. The maximum atomic E-state index is 4.03. The average molecular weight is 234 g/mol. The number of aromatic nitrogens is 1. The van der Waals surface area contributed by atoms with Crippen molar-refractivity contribution in [2.45, 2.75) is 34.1 Å². The Morgan fingerprint density at radius 1 is 1.06 bits per heavy atom. The minimum atomic E-state index is 0.753. The molecule has 1 N–H and O–H groups in total. The molecule has 2 nitrogen and oxygen atoms in total. The van der Waals surface area contributed by atoms with E-state index in [1.807, 2.05) is 12.4 Å². The molecule has 17 heavy (non-hydrogen) atoms. The Morgan fingerprint density at radius 3 is 2.18 bits per heavy atom. The fraction of sp³-hybridized carbons (Fsp3) is 0.667. The zero-order valence-electron chi connectivity index (χ0n) is 11.6. The largest absolute Gasteiger partial charge is 0.316 e. The molecule has 0 spiro atoms. The molecule has 2 heteroatoms. The summed E-state index contributed by atoms with van der Waals surface area (Å²) in [4.78, 5) is 4.03. The highest BCUT2D eigenvalue weighted by atomic mass is 14.9. The number of rotatable bonds is 7. The topological polar surface area (TPSA) is 24.9 Å². The third-order valence-electron chi connectivity index (χ3n) is 3.43. The smallest absolute Gasteiger partial charge is 0.0270 e. The van der Waals surface area contributed by atoms with Gasteiger partial charge in [0.2, 0.25) is 0 Å². The van der Waals surface area contributed by atoms with Crippen LogP contribution in [-0.2, 0) is 6.42 Å². The van der Waals surface area contributed by atoms with E-state index in [0.29, 0.717) is 0 Å². The van der Waals surface area contributed by atoms with E-state index in [1.165, 1.54) is 5.56 Å². The zero-order valence-corrected chi connectivity index (χ0v) is 11.6. The fourth-order valence-corrected chi connectivity index (χ4v) is 2.29. The summed E-state index contributed by atoms with van der Waals surface area (Å²) >= 11 is 0. The van der Waals surface area contributed by atoms with Crippen LogP contribution in [0.3, 0.4) is 0 Å². The molecule has 0 aliphatic carbocycles. The Morgan fingerprint density at radius 2 is 1.65 bits per heavy atom. The van der Waals surface area contributed by atoms with Crippen LogP contribution in [0.1, 0.15) is 33.3 Å². The molecule has 96 valence electrons. The summed E-state index contributed by atoms with van der Waals surface area (Å²) in [7, 11) is 0. The van der Waals surface area contributed by atoms with Crippen LogP contribution in [0.2, 0.25) is 0 Å². The molecular weight excluding hydrogens is 208 g/mol. The molecule has 1 aromatic heterocycles. The van der Waals surface area contributed by atoms with Crippen LogP contribution in [0.15, 0.2) is 24.5 Å². The van der Waals surface area contributed by atoms with E-state index in [0.717, 1.165) is 37.3 Å². The predicted molar refractivity (Wildman–Crippen MR) is 74.0 cm³/mol. The average Bonchev–Trinajstić information content (AvgIpc) is 2.29. The first-order valence-corrected chi connectivity index (χ1v) is 6.71. The SMILES string of the molecule is CC(C)C(CNCCc1ccncc1)C(C)C. The first-order chi connectivity index (χ1) is 8.11. The number of pyridine rings is 1. The highest BCUT2D eigenvalue weighted by Crippen LogP contribution is 2.19. The van der Waals surface area contributed by atoms with Crippen LogP contribution in [0.25, 0.3) is 0 Å². The predicted octanol–water partition coefficient (Wildman–Crippen LogP) is 3.14. The Bertz CT molecular complexity index is 285. The van der Waals surface area contributed by atoms with Crippen LogP contribution >= 0.6 is 0 Å². The van der Waals surface area contributed by atoms with Crippen LogP contribution in [-0.4, -0.2) is 18.1 Å². The molecule has 0 fully saturated rings. The second kappa shape index (κ2) is 7.44. The van der Waals surface area contributed by atoms with Crippen LogP contribution in [0.4, 0.5) is 0 Å². The van der Waals surface area contributed by atoms with E-state index in [2.05, 4.69) is 50.1 Å². The molecule has 0 aliphatic rings. The lowest BCUT2D eigenvalue weighted by Crippen LogP contribution is -2.31. The van der Waals surface area contributed by atoms with Gasteiger partial charge in [0, 0.05) is 12.4 Å². The van der Waals surface area contributed by atoms with Gasteiger partial charge in [0.15, 0.2) is 0 Å². The minimum Gasteiger partial charge on any atom is -0.316 e. The van der Waals surface area contributed by atoms with Gasteiger partial charge in [-0.1, -0.05) is 27.7 Å². The molecule has 0 unspecified atom stereocenters. The zero-order chi connectivity index (χ0) is 12.7. The van der Waals surface area contributed by atoms with Gasteiger partial charge < -0.3 is 5.32 Å². The maximum absolute atomic E-state index is 4.03. The van der Waals surface area contributed by atoms with E-state index in [9.17, 15) is 0 Å². The van der Waals surface area contributed by atoms with Crippen molar-refractivity contribution < 1.29 is 0 Å². The third kappa shape index (κ3) is 5.31. The molecule has 0 saturated carbocycles.